The van der Waals surface area contributed by atoms with Crippen molar-refractivity contribution in [2.75, 3.05) is 11.9 Å². The molecule has 112 valence electrons. The zero-order valence-electron chi connectivity index (χ0n) is 12.8. The van der Waals surface area contributed by atoms with Crippen molar-refractivity contribution in [3.63, 3.8) is 0 Å². The number of aromatic nitrogens is 1. The highest BCUT2D eigenvalue weighted by Crippen LogP contribution is 2.24. The van der Waals surface area contributed by atoms with E-state index >= 15 is 0 Å². The molecule has 0 spiro atoms. The molecule has 0 aliphatic heterocycles. The molecule has 2 rings (SSSR count). The van der Waals surface area contributed by atoms with E-state index in [4.69, 9.17) is 4.52 Å². The maximum absolute atomic E-state index is 12.4. The van der Waals surface area contributed by atoms with Crippen molar-refractivity contribution in [2.24, 2.45) is 0 Å². The summed E-state index contributed by atoms with van der Waals surface area (Å²) in [5, 5.41) is 3.82. The van der Waals surface area contributed by atoms with Gasteiger partial charge in [0.2, 0.25) is 5.91 Å². The third-order valence-corrected chi connectivity index (χ3v) is 4.64. The maximum atomic E-state index is 12.4. The molecule has 4 nitrogen and oxygen atoms in total. The van der Waals surface area contributed by atoms with Crippen LogP contribution in [0.1, 0.15) is 23.9 Å². The Hall–Kier alpha value is -1.75. The fourth-order valence-electron chi connectivity index (χ4n) is 2.04. The number of amides is 1. The van der Waals surface area contributed by atoms with E-state index in [1.807, 2.05) is 58.2 Å². The first-order valence-electron chi connectivity index (χ1n) is 6.86. The number of carbonyl (C=O) groups is 1. The van der Waals surface area contributed by atoms with Crippen LogP contribution < -0.4 is 4.90 Å². The van der Waals surface area contributed by atoms with Gasteiger partial charge in [0.25, 0.3) is 0 Å². The van der Waals surface area contributed by atoms with E-state index in [1.54, 1.807) is 16.7 Å². The van der Waals surface area contributed by atoms with Gasteiger partial charge in [-0.25, -0.2) is 0 Å². The van der Waals surface area contributed by atoms with Crippen LogP contribution in [0.2, 0.25) is 0 Å². The minimum atomic E-state index is -0.121. The Kier molecular flexibility index (Phi) is 5.07. The highest BCUT2D eigenvalue weighted by atomic mass is 32.2. The largest absolute Gasteiger partial charge is 0.361 e. The lowest BCUT2D eigenvalue weighted by Gasteiger charge is -2.21. The molecule has 0 aliphatic carbocycles. The van der Waals surface area contributed by atoms with Crippen molar-refractivity contribution in [1.29, 1.82) is 0 Å². The molecular weight excluding hydrogens is 284 g/mol. The zero-order chi connectivity index (χ0) is 15.4. The summed E-state index contributed by atoms with van der Waals surface area (Å²) in [6.45, 7) is 5.76. The number of carbonyl (C=O) groups excluding carboxylic acids is 1. The molecule has 5 heteroatoms. The number of rotatable bonds is 5. The number of thioether (sulfide) groups is 1. The predicted molar refractivity (Wildman–Crippen MR) is 86.6 cm³/mol. The van der Waals surface area contributed by atoms with Gasteiger partial charge < -0.3 is 9.42 Å². The molecule has 0 radical (unpaired) electrons. The molecule has 21 heavy (non-hydrogen) atoms. The number of benzene rings is 1. The van der Waals surface area contributed by atoms with Crippen molar-refractivity contribution in [2.45, 2.75) is 31.8 Å². The lowest BCUT2D eigenvalue weighted by Crippen LogP contribution is -2.33. The van der Waals surface area contributed by atoms with E-state index in [9.17, 15) is 4.79 Å². The molecule has 2 aromatic rings. The highest BCUT2D eigenvalue weighted by Gasteiger charge is 2.20. The average Bonchev–Trinajstić information content (AvgIpc) is 2.83. The van der Waals surface area contributed by atoms with Crippen LogP contribution in [0.5, 0.6) is 0 Å². The molecule has 1 aromatic carbocycles. The number of para-hydroxylation sites is 1. The minimum Gasteiger partial charge on any atom is -0.361 e. The fourth-order valence-corrected chi connectivity index (χ4v) is 3.17. The van der Waals surface area contributed by atoms with E-state index in [2.05, 4.69) is 5.16 Å². The monoisotopic (exact) mass is 304 g/mol. The highest BCUT2D eigenvalue weighted by molar-refractivity contribution is 7.99. The van der Waals surface area contributed by atoms with Crippen LogP contribution in [0.3, 0.4) is 0 Å². The molecule has 0 N–H and O–H groups in total. The Bertz CT molecular complexity index is 590. The second-order valence-corrected chi connectivity index (χ2v) is 6.32. The number of hydrogen-bond donors (Lipinski definition) is 0. The molecule has 0 saturated heterocycles. The molecule has 1 atom stereocenters. The number of hydrogen-bond acceptors (Lipinski definition) is 4. The molecule has 0 bridgehead atoms. The van der Waals surface area contributed by atoms with Gasteiger partial charge in [-0.1, -0.05) is 23.4 Å². The van der Waals surface area contributed by atoms with Crippen LogP contribution in [-0.4, -0.2) is 23.4 Å². The summed E-state index contributed by atoms with van der Waals surface area (Å²) in [4.78, 5) is 14.1. The molecule has 0 unspecified atom stereocenters. The molecule has 1 amide bonds. The van der Waals surface area contributed by atoms with E-state index in [0.29, 0.717) is 0 Å². The smallest absolute Gasteiger partial charge is 0.239 e. The summed E-state index contributed by atoms with van der Waals surface area (Å²) in [7, 11) is 1.81. The van der Waals surface area contributed by atoms with Crippen molar-refractivity contribution in [1.82, 2.24) is 5.16 Å². The van der Waals surface area contributed by atoms with Gasteiger partial charge in [0.1, 0.15) is 5.76 Å². The van der Waals surface area contributed by atoms with E-state index in [-0.39, 0.29) is 11.2 Å². The van der Waals surface area contributed by atoms with E-state index in [1.165, 1.54) is 0 Å². The van der Waals surface area contributed by atoms with Crippen molar-refractivity contribution < 1.29 is 9.32 Å². The second-order valence-electron chi connectivity index (χ2n) is 4.99. The van der Waals surface area contributed by atoms with Crippen LogP contribution in [-0.2, 0) is 10.5 Å². The molecule has 0 aliphatic rings. The summed E-state index contributed by atoms with van der Waals surface area (Å²) < 4.78 is 5.15. The van der Waals surface area contributed by atoms with Crippen LogP contribution >= 0.6 is 11.8 Å². The third-order valence-electron chi connectivity index (χ3n) is 3.48. The van der Waals surface area contributed by atoms with E-state index in [0.717, 1.165) is 28.5 Å². The average molecular weight is 304 g/mol. The number of aryl methyl sites for hydroxylation is 2. The summed E-state index contributed by atoms with van der Waals surface area (Å²) >= 11 is 1.60. The SMILES string of the molecule is Cc1noc(C)c1CS[C@H](C)C(=O)N(C)c1ccccc1. The first-order valence-corrected chi connectivity index (χ1v) is 7.91. The maximum Gasteiger partial charge on any atom is 0.239 e. The summed E-state index contributed by atoms with van der Waals surface area (Å²) in [5.74, 6) is 1.66. The van der Waals surface area contributed by atoms with E-state index < -0.39 is 0 Å². The van der Waals surface area contributed by atoms with Gasteiger partial charge in [0.15, 0.2) is 0 Å². The Morgan fingerprint density at radius 3 is 2.57 bits per heavy atom. The molecule has 1 aromatic heterocycles. The quantitative estimate of drug-likeness (QED) is 0.847. The van der Waals surface area contributed by atoms with Gasteiger partial charge in [0, 0.05) is 24.1 Å². The van der Waals surface area contributed by atoms with Crippen LogP contribution in [0.15, 0.2) is 34.9 Å². The van der Waals surface area contributed by atoms with Crippen LogP contribution in [0, 0.1) is 13.8 Å². The fraction of sp³-hybridized carbons (Fsp3) is 0.375. The van der Waals surface area contributed by atoms with Gasteiger partial charge in [0.05, 0.1) is 10.9 Å². The third kappa shape index (κ3) is 3.67. The lowest BCUT2D eigenvalue weighted by molar-refractivity contribution is -0.117. The van der Waals surface area contributed by atoms with Crippen molar-refractivity contribution in [3.8, 4) is 0 Å². The lowest BCUT2D eigenvalue weighted by atomic mass is 10.2. The Morgan fingerprint density at radius 1 is 1.33 bits per heavy atom. The molecule has 0 saturated carbocycles. The van der Waals surface area contributed by atoms with Crippen molar-refractivity contribution in [3.05, 3.63) is 47.3 Å². The first kappa shape index (κ1) is 15.6. The zero-order valence-corrected chi connectivity index (χ0v) is 13.6. The van der Waals surface area contributed by atoms with Crippen LogP contribution in [0.25, 0.3) is 0 Å². The van der Waals surface area contributed by atoms with Crippen molar-refractivity contribution >= 4 is 23.4 Å². The molecule has 1 heterocycles. The Morgan fingerprint density at radius 2 is 2.00 bits per heavy atom. The van der Waals surface area contributed by atoms with Gasteiger partial charge in [-0.05, 0) is 32.9 Å². The standard InChI is InChI=1S/C16H20N2O2S/c1-11-15(12(2)20-17-11)10-21-13(3)16(19)18(4)14-8-6-5-7-9-14/h5-9,13H,10H2,1-4H3/t13-/m1/s1. The summed E-state index contributed by atoms with van der Waals surface area (Å²) in [6.07, 6.45) is 0. The predicted octanol–water partition coefficient (Wildman–Crippen LogP) is 3.58. The van der Waals surface area contributed by atoms with Gasteiger partial charge in [-0.15, -0.1) is 11.8 Å². The Balaban J connectivity index is 1.97. The molecule has 0 fully saturated rings. The topological polar surface area (TPSA) is 46.3 Å². The number of anilines is 1. The summed E-state index contributed by atoms with van der Waals surface area (Å²) in [5.41, 5.74) is 2.89. The number of nitrogens with zero attached hydrogens (tertiary/aromatic N) is 2. The Labute approximate surface area is 129 Å². The summed E-state index contributed by atoms with van der Waals surface area (Å²) in [6, 6.07) is 9.67. The van der Waals surface area contributed by atoms with Gasteiger partial charge in [-0.2, -0.15) is 0 Å². The minimum absolute atomic E-state index is 0.0953. The van der Waals surface area contributed by atoms with Gasteiger partial charge >= 0.3 is 0 Å². The van der Waals surface area contributed by atoms with Crippen LogP contribution in [0.4, 0.5) is 5.69 Å². The normalized spacial score (nSPS) is 12.2. The van der Waals surface area contributed by atoms with Gasteiger partial charge in [-0.3, -0.25) is 4.79 Å². The molecular formula is C16H20N2O2S. The second kappa shape index (κ2) is 6.80. The first-order chi connectivity index (χ1) is 10.0.